The van der Waals surface area contributed by atoms with Crippen LogP contribution in [-0.2, 0) is 0 Å². The first kappa shape index (κ1) is 18.9. The van der Waals surface area contributed by atoms with Crippen LogP contribution >= 0.6 is 0 Å². The third-order valence-corrected chi connectivity index (χ3v) is 3.86. The minimum Gasteiger partial charge on any atom is -0.343 e. The Kier molecular flexibility index (Phi) is 11.6. The van der Waals surface area contributed by atoms with Crippen LogP contribution in [0.15, 0.2) is 0 Å². The maximum Gasteiger partial charge on any atom is 0.278 e. The molecule has 3 nitrogen and oxygen atoms in total. The second-order valence-corrected chi connectivity index (χ2v) is 5.79. The molecule has 0 heterocycles. The molecular formula is C16H34O3. The average Bonchev–Trinajstić information content (AvgIpc) is 2.34. The van der Waals surface area contributed by atoms with E-state index >= 15 is 0 Å². The lowest BCUT2D eigenvalue weighted by atomic mass is 9.92. The van der Waals surface area contributed by atoms with Crippen LogP contribution in [0.2, 0.25) is 0 Å². The van der Waals surface area contributed by atoms with Crippen molar-refractivity contribution >= 4 is 0 Å². The number of rotatable bonds is 13. The third kappa shape index (κ3) is 11.4. The molecule has 3 heteroatoms. The van der Waals surface area contributed by atoms with Gasteiger partial charge in [0, 0.05) is 5.92 Å². The normalized spacial score (nSPS) is 13.7. The monoisotopic (exact) mass is 274 g/mol. The zero-order valence-corrected chi connectivity index (χ0v) is 12.9. The fourth-order valence-corrected chi connectivity index (χ4v) is 2.52. The van der Waals surface area contributed by atoms with Crippen molar-refractivity contribution in [2.75, 3.05) is 0 Å². The van der Waals surface area contributed by atoms with E-state index < -0.39 is 11.9 Å². The summed E-state index contributed by atoms with van der Waals surface area (Å²) in [6.07, 6.45) is 13.0. The Morgan fingerprint density at radius 1 is 0.632 bits per heavy atom. The lowest BCUT2D eigenvalue weighted by Crippen LogP contribution is -2.37. The molecule has 0 fully saturated rings. The maximum absolute atomic E-state index is 9.39. The number of hydrogen-bond donors (Lipinski definition) is 3. The highest BCUT2D eigenvalue weighted by Crippen LogP contribution is 2.25. The Balaban J connectivity index is 3.75. The van der Waals surface area contributed by atoms with Crippen LogP contribution < -0.4 is 0 Å². The lowest BCUT2D eigenvalue weighted by Gasteiger charge is -2.26. The van der Waals surface area contributed by atoms with Gasteiger partial charge in [0.05, 0.1) is 0 Å². The van der Waals surface area contributed by atoms with Gasteiger partial charge in [-0.3, -0.25) is 0 Å². The Morgan fingerprint density at radius 3 is 1.42 bits per heavy atom. The predicted molar refractivity (Wildman–Crippen MR) is 79.6 cm³/mol. The van der Waals surface area contributed by atoms with Crippen molar-refractivity contribution in [2.45, 2.75) is 96.9 Å². The zero-order chi connectivity index (χ0) is 14.6. The fraction of sp³-hybridized carbons (Fsp3) is 1.00. The van der Waals surface area contributed by atoms with Gasteiger partial charge in [-0.05, 0) is 12.8 Å². The smallest absolute Gasteiger partial charge is 0.278 e. The first-order valence-electron chi connectivity index (χ1n) is 8.19. The number of hydrogen-bond acceptors (Lipinski definition) is 3. The minimum absolute atomic E-state index is 0.393. The Hall–Kier alpha value is -0.120. The first-order valence-corrected chi connectivity index (χ1v) is 8.19. The molecule has 1 atom stereocenters. The maximum atomic E-state index is 9.39. The van der Waals surface area contributed by atoms with Crippen LogP contribution in [0.3, 0.4) is 0 Å². The SMILES string of the molecule is CCCCCCCCC(CCCCCC)C(O)(O)O. The van der Waals surface area contributed by atoms with Gasteiger partial charge in [-0.15, -0.1) is 0 Å². The fourth-order valence-electron chi connectivity index (χ4n) is 2.52. The van der Waals surface area contributed by atoms with Crippen molar-refractivity contribution < 1.29 is 15.3 Å². The van der Waals surface area contributed by atoms with E-state index in [0.717, 1.165) is 25.7 Å². The average molecular weight is 274 g/mol. The standard InChI is InChI=1S/C16H34O3/c1-3-5-7-9-10-12-14-15(16(17,18)19)13-11-8-6-4-2/h15,17-19H,3-14H2,1-2H3. The summed E-state index contributed by atoms with van der Waals surface area (Å²) in [5.41, 5.74) is 0. The molecule has 0 radical (unpaired) electrons. The summed E-state index contributed by atoms with van der Waals surface area (Å²) in [6, 6.07) is 0. The minimum atomic E-state index is -2.49. The molecule has 1 unspecified atom stereocenters. The molecular weight excluding hydrogens is 240 g/mol. The summed E-state index contributed by atoms with van der Waals surface area (Å²) in [4.78, 5) is 0. The van der Waals surface area contributed by atoms with E-state index in [1.54, 1.807) is 0 Å². The van der Waals surface area contributed by atoms with E-state index in [9.17, 15) is 15.3 Å². The largest absolute Gasteiger partial charge is 0.343 e. The molecule has 0 bridgehead atoms. The Labute approximate surface area is 119 Å². The summed E-state index contributed by atoms with van der Waals surface area (Å²) < 4.78 is 0. The summed E-state index contributed by atoms with van der Waals surface area (Å²) >= 11 is 0. The topological polar surface area (TPSA) is 60.7 Å². The van der Waals surface area contributed by atoms with E-state index in [-0.39, 0.29) is 0 Å². The zero-order valence-electron chi connectivity index (χ0n) is 12.9. The highest BCUT2D eigenvalue weighted by molar-refractivity contribution is 4.67. The van der Waals surface area contributed by atoms with Gasteiger partial charge < -0.3 is 15.3 Å². The van der Waals surface area contributed by atoms with E-state index in [4.69, 9.17) is 0 Å². The van der Waals surface area contributed by atoms with E-state index in [0.29, 0.717) is 12.8 Å². The van der Waals surface area contributed by atoms with Crippen molar-refractivity contribution in [3.63, 3.8) is 0 Å². The van der Waals surface area contributed by atoms with Gasteiger partial charge in [0.2, 0.25) is 0 Å². The second kappa shape index (κ2) is 11.7. The van der Waals surface area contributed by atoms with Crippen LogP contribution in [0.25, 0.3) is 0 Å². The molecule has 0 spiro atoms. The molecule has 0 aliphatic carbocycles. The van der Waals surface area contributed by atoms with Gasteiger partial charge >= 0.3 is 0 Å². The second-order valence-electron chi connectivity index (χ2n) is 5.79. The Morgan fingerprint density at radius 2 is 1.00 bits per heavy atom. The molecule has 19 heavy (non-hydrogen) atoms. The molecule has 0 rings (SSSR count). The van der Waals surface area contributed by atoms with Gasteiger partial charge in [-0.1, -0.05) is 78.1 Å². The highest BCUT2D eigenvalue weighted by atomic mass is 16.7. The van der Waals surface area contributed by atoms with Crippen LogP contribution in [0.1, 0.15) is 90.9 Å². The molecule has 3 N–H and O–H groups in total. The lowest BCUT2D eigenvalue weighted by molar-refractivity contribution is -0.344. The molecule has 0 amide bonds. The molecule has 0 aromatic carbocycles. The van der Waals surface area contributed by atoms with E-state index in [2.05, 4.69) is 13.8 Å². The molecule has 0 aromatic rings. The molecule has 0 saturated carbocycles. The van der Waals surface area contributed by atoms with Crippen LogP contribution in [0.5, 0.6) is 0 Å². The summed E-state index contributed by atoms with van der Waals surface area (Å²) in [6.45, 7) is 4.35. The van der Waals surface area contributed by atoms with Gasteiger partial charge in [0.1, 0.15) is 0 Å². The number of aliphatic hydroxyl groups is 3. The van der Waals surface area contributed by atoms with Crippen molar-refractivity contribution in [1.82, 2.24) is 0 Å². The molecule has 0 aliphatic heterocycles. The predicted octanol–water partition coefficient (Wildman–Crippen LogP) is 3.95. The summed E-state index contributed by atoms with van der Waals surface area (Å²) in [5, 5.41) is 28.2. The van der Waals surface area contributed by atoms with Gasteiger partial charge in [0.15, 0.2) is 0 Å². The Bertz CT molecular complexity index is 187. The summed E-state index contributed by atoms with van der Waals surface area (Å²) in [7, 11) is 0. The van der Waals surface area contributed by atoms with Gasteiger partial charge in [0.25, 0.3) is 5.97 Å². The van der Waals surface area contributed by atoms with E-state index in [1.807, 2.05) is 0 Å². The van der Waals surface area contributed by atoms with Crippen LogP contribution in [-0.4, -0.2) is 21.3 Å². The van der Waals surface area contributed by atoms with Crippen molar-refractivity contribution in [1.29, 1.82) is 0 Å². The van der Waals surface area contributed by atoms with Crippen LogP contribution in [0, 0.1) is 5.92 Å². The highest BCUT2D eigenvalue weighted by Gasteiger charge is 2.30. The first-order chi connectivity index (χ1) is 9.02. The van der Waals surface area contributed by atoms with Crippen molar-refractivity contribution in [3.05, 3.63) is 0 Å². The molecule has 0 saturated heterocycles. The van der Waals surface area contributed by atoms with Crippen molar-refractivity contribution in [2.24, 2.45) is 5.92 Å². The van der Waals surface area contributed by atoms with Crippen molar-refractivity contribution in [3.8, 4) is 0 Å². The number of unbranched alkanes of at least 4 members (excludes halogenated alkanes) is 8. The quantitative estimate of drug-likeness (QED) is 0.352. The molecule has 0 aromatic heterocycles. The van der Waals surface area contributed by atoms with E-state index in [1.165, 1.54) is 38.5 Å². The van der Waals surface area contributed by atoms with Crippen LogP contribution in [0.4, 0.5) is 0 Å². The van der Waals surface area contributed by atoms with Gasteiger partial charge in [-0.2, -0.15) is 0 Å². The molecule has 116 valence electrons. The third-order valence-electron chi connectivity index (χ3n) is 3.86. The molecule has 0 aliphatic rings. The van der Waals surface area contributed by atoms with Gasteiger partial charge in [-0.25, -0.2) is 0 Å². The summed E-state index contributed by atoms with van der Waals surface area (Å²) in [5.74, 6) is -2.88.